The normalized spacial score (nSPS) is 12.9. The maximum atomic E-state index is 3.53. The smallest absolute Gasteiger partial charge is 0.0343 e. The second-order valence-corrected chi connectivity index (χ2v) is 4.83. The molecule has 0 aliphatic carbocycles. The van der Waals surface area contributed by atoms with E-state index < -0.39 is 0 Å². The van der Waals surface area contributed by atoms with Crippen molar-refractivity contribution in [3.8, 4) is 0 Å². The van der Waals surface area contributed by atoms with Crippen molar-refractivity contribution < 1.29 is 0 Å². The zero-order chi connectivity index (χ0) is 10.6. The predicted molar refractivity (Wildman–Crippen MR) is 66.7 cm³/mol. The van der Waals surface area contributed by atoms with E-state index in [1.165, 1.54) is 5.69 Å². The molecule has 0 heterocycles. The van der Waals surface area contributed by atoms with E-state index in [4.69, 9.17) is 0 Å². The van der Waals surface area contributed by atoms with E-state index in [-0.39, 0.29) is 0 Å². The number of hydrogen-bond acceptors (Lipinski definition) is 1. The molecule has 78 valence electrons. The van der Waals surface area contributed by atoms with Gasteiger partial charge in [-0.15, -0.1) is 0 Å². The fourth-order valence-corrected chi connectivity index (χ4v) is 1.76. The van der Waals surface area contributed by atoms with E-state index in [1.807, 2.05) is 0 Å². The Hall–Kier alpha value is -0.500. The highest BCUT2D eigenvalue weighted by atomic mass is 79.9. The molecule has 0 saturated carbocycles. The summed E-state index contributed by atoms with van der Waals surface area (Å²) in [5.74, 6) is 0.670. The molecule has 0 aliphatic heterocycles. The van der Waals surface area contributed by atoms with Gasteiger partial charge in [-0.2, -0.15) is 0 Å². The van der Waals surface area contributed by atoms with E-state index in [1.54, 1.807) is 0 Å². The summed E-state index contributed by atoms with van der Waals surface area (Å²) in [6.45, 7) is 6.72. The van der Waals surface area contributed by atoms with Crippen LogP contribution in [0.5, 0.6) is 0 Å². The van der Waals surface area contributed by atoms with E-state index >= 15 is 0 Å². The number of benzene rings is 1. The molecule has 0 aliphatic rings. The molecule has 2 heteroatoms. The van der Waals surface area contributed by atoms with Crippen LogP contribution in [0, 0.1) is 5.92 Å². The molecule has 1 N–H and O–H groups in total. The van der Waals surface area contributed by atoms with Gasteiger partial charge in [-0.1, -0.05) is 36.7 Å². The first kappa shape index (κ1) is 11.6. The lowest BCUT2D eigenvalue weighted by Crippen LogP contribution is -2.24. The number of halogens is 1. The van der Waals surface area contributed by atoms with Crippen molar-refractivity contribution in [3.63, 3.8) is 0 Å². The monoisotopic (exact) mass is 255 g/mol. The molecule has 1 nitrogen and oxygen atoms in total. The van der Waals surface area contributed by atoms with Crippen LogP contribution in [0.3, 0.4) is 0 Å². The van der Waals surface area contributed by atoms with Gasteiger partial charge in [0.15, 0.2) is 0 Å². The molecule has 0 amide bonds. The first-order chi connectivity index (χ1) is 6.63. The van der Waals surface area contributed by atoms with E-state index in [0.717, 1.165) is 10.9 Å². The van der Waals surface area contributed by atoms with Crippen molar-refractivity contribution in [3.05, 3.63) is 28.7 Å². The summed E-state index contributed by atoms with van der Waals surface area (Å²) in [5, 5.41) is 3.53. The lowest BCUT2D eigenvalue weighted by Gasteiger charge is -2.21. The molecule has 0 spiro atoms. The first-order valence-electron chi connectivity index (χ1n) is 5.15. The maximum Gasteiger partial charge on any atom is 0.0343 e. The van der Waals surface area contributed by atoms with Crippen LogP contribution in [0.2, 0.25) is 0 Å². The topological polar surface area (TPSA) is 12.0 Å². The quantitative estimate of drug-likeness (QED) is 0.847. The minimum Gasteiger partial charge on any atom is -0.382 e. The van der Waals surface area contributed by atoms with Crippen LogP contribution in [-0.4, -0.2) is 6.04 Å². The molecule has 1 aromatic carbocycles. The van der Waals surface area contributed by atoms with Crippen molar-refractivity contribution in [1.29, 1.82) is 0 Å². The molecule has 1 aromatic rings. The highest BCUT2D eigenvalue weighted by molar-refractivity contribution is 9.10. The molecule has 0 saturated heterocycles. The third-order valence-corrected chi connectivity index (χ3v) is 2.97. The lowest BCUT2D eigenvalue weighted by molar-refractivity contribution is 0.511. The van der Waals surface area contributed by atoms with Gasteiger partial charge in [0, 0.05) is 16.2 Å². The molecule has 0 radical (unpaired) electrons. The average molecular weight is 256 g/mol. The summed E-state index contributed by atoms with van der Waals surface area (Å²) >= 11 is 3.43. The molecule has 0 fully saturated rings. The van der Waals surface area contributed by atoms with Gasteiger partial charge in [0.25, 0.3) is 0 Å². The Morgan fingerprint density at radius 2 is 1.79 bits per heavy atom. The van der Waals surface area contributed by atoms with Crippen LogP contribution in [0.4, 0.5) is 5.69 Å². The van der Waals surface area contributed by atoms with Crippen molar-refractivity contribution in [2.45, 2.75) is 33.2 Å². The zero-order valence-electron chi connectivity index (χ0n) is 9.05. The number of nitrogens with one attached hydrogen (secondary N) is 1. The third-order valence-electron chi connectivity index (χ3n) is 2.44. The highest BCUT2D eigenvalue weighted by Crippen LogP contribution is 2.17. The molecular formula is C12H18BrN. The van der Waals surface area contributed by atoms with Crippen molar-refractivity contribution in [1.82, 2.24) is 0 Å². The predicted octanol–water partition coefficient (Wildman–Crippen LogP) is 4.30. The van der Waals surface area contributed by atoms with Crippen LogP contribution in [0.15, 0.2) is 28.7 Å². The fraction of sp³-hybridized carbons (Fsp3) is 0.500. The standard InChI is InChI=1S/C12H18BrN/c1-4-12(9(2)3)14-11-7-5-10(13)6-8-11/h5-9,12,14H,4H2,1-3H3. The Labute approximate surface area is 95.0 Å². The number of anilines is 1. The molecule has 1 rings (SSSR count). The average Bonchev–Trinajstić information content (AvgIpc) is 2.16. The second kappa shape index (κ2) is 5.40. The summed E-state index contributed by atoms with van der Waals surface area (Å²) in [7, 11) is 0. The second-order valence-electron chi connectivity index (χ2n) is 3.91. The Balaban J connectivity index is 2.63. The van der Waals surface area contributed by atoms with Crippen LogP contribution in [0.1, 0.15) is 27.2 Å². The summed E-state index contributed by atoms with van der Waals surface area (Å²) in [4.78, 5) is 0. The summed E-state index contributed by atoms with van der Waals surface area (Å²) in [5.41, 5.74) is 1.20. The summed E-state index contributed by atoms with van der Waals surface area (Å²) in [6.07, 6.45) is 1.16. The van der Waals surface area contributed by atoms with Crippen LogP contribution >= 0.6 is 15.9 Å². The van der Waals surface area contributed by atoms with Gasteiger partial charge in [-0.25, -0.2) is 0 Å². The van der Waals surface area contributed by atoms with E-state index in [2.05, 4.69) is 66.3 Å². The van der Waals surface area contributed by atoms with Crippen molar-refractivity contribution in [2.75, 3.05) is 5.32 Å². The van der Waals surface area contributed by atoms with Crippen molar-refractivity contribution >= 4 is 21.6 Å². The zero-order valence-corrected chi connectivity index (χ0v) is 10.6. The highest BCUT2D eigenvalue weighted by Gasteiger charge is 2.09. The van der Waals surface area contributed by atoms with E-state index in [9.17, 15) is 0 Å². The minimum absolute atomic E-state index is 0.566. The molecular weight excluding hydrogens is 238 g/mol. The summed E-state index contributed by atoms with van der Waals surface area (Å²) < 4.78 is 1.13. The largest absolute Gasteiger partial charge is 0.382 e. The fourth-order valence-electron chi connectivity index (χ4n) is 1.50. The maximum absolute atomic E-state index is 3.53. The molecule has 14 heavy (non-hydrogen) atoms. The van der Waals surface area contributed by atoms with Crippen molar-refractivity contribution in [2.24, 2.45) is 5.92 Å². The molecule has 0 bridgehead atoms. The molecule has 0 aromatic heterocycles. The van der Waals surface area contributed by atoms with Gasteiger partial charge in [0.05, 0.1) is 0 Å². The van der Waals surface area contributed by atoms with Gasteiger partial charge in [0.1, 0.15) is 0 Å². The summed E-state index contributed by atoms with van der Waals surface area (Å²) in [6, 6.07) is 8.91. The number of hydrogen-bond donors (Lipinski definition) is 1. The first-order valence-corrected chi connectivity index (χ1v) is 5.95. The lowest BCUT2D eigenvalue weighted by atomic mass is 10.0. The minimum atomic E-state index is 0.566. The molecule has 1 unspecified atom stereocenters. The van der Waals surface area contributed by atoms with Gasteiger partial charge in [0.2, 0.25) is 0 Å². The number of rotatable bonds is 4. The Morgan fingerprint density at radius 3 is 2.21 bits per heavy atom. The molecule has 1 atom stereocenters. The third kappa shape index (κ3) is 3.33. The van der Waals surface area contributed by atoms with Crippen LogP contribution < -0.4 is 5.32 Å². The Morgan fingerprint density at radius 1 is 1.21 bits per heavy atom. The van der Waals surface area contributed by atoms with Gasteiger partial charge in [-0.3, -0.25) is 0 Å². The van der Waals surface area contributed by atoms with Gasteiger partial charge >= 0.3 is 0 Å². The van der Waals surface area contributed by atoms with Crippen LogP contribution in [0.25, 0.3) is 0 Å². The Bertz CT molecular complexity index is 266. The van der Waals surface area contributed by atoms with Gasteiger partial charge in [-0.05, 0) is 36.6 Å². The van der Waals surface area contributed by atoms with E-state index in [0.29, 0.717) is 12.0 Å². The van der Waals surface area contributed by atoms with Gasteiger partial charge < -0.3 is 5.32 Å². The van der Waals surface area contributed by atoms with Crippen LogP contribution in [-0.2, 0) is 0 Å². The Kier molecular flexibility index (Phi) is 4.46. The SMILES string of the molecule is CCC(Nc1ccc(Br)cc1)C(C)C.